The zero-order valence-electron chi connectivity index (χ0n) is 18.7. The normalized spacial score (nSPS) is 13.8. The third-order valence-electron chi connectivity index (χ3n) is 5.94. The summed E-state index contributed by atoms with van der Waals surface area (Å²) in [5.41, 5.74) is 6.76. The van der Waals surface area contributed by atoms with Gasteiger partial charge < -0.3 is 29.9 Å². The molecule has 3 N–H and O–H groups in total. The Morgan fingerprint density at radius 2 is 1.79 bits per heavy atom. The molecule has 4 rings (SSSR count). The third kappa shape index (κ3) is 4.52. The molecule has 0 saturated carbocycles. The van der Waals surface area contributed by atoms with E-state index in [0.717, 1.165) is 11.6 Å². The Morgan fingerprint density at radius 1 is 1.12 bits per heavy atom. The van der Waals surface area contributed by atoms with Crippen molar-refractivity contribution in [1.82, 2.24) is 9.47 Å². The minimum Gasteiger partial charge on any atom is -0.477 e. The van der Waals surface area contributed by atoms with Gasteiger partial charge in [0.15, 0.2) is 0 Å². The van der Waals surface area contributed by atoms with Crippen LogP contribution < -0.4 is 16.1 Å². The van der Waals surface area contributed by atoms with Crippen LogP contribution in [0.25, 0.3) is 10.9 Å². The quantitative estimate of drug-likeness (QED) is 0.553. The number of carbonyl (C=O) groups excluding carboxylic acids is 1. The minimum atomic E-state index is -1.35. The van der Waals surface area contributed by atoms with Crippen LogP contribution in [0.2, 0.25) is 0 Å². The summed E-state index contributed by atoms with van der Waals surface area (Å²) in [6.07, 6.45) is 0.834. The highest BCUT2D eigenvalue weighted by molar-refractivity contribution is 5.93. The first-order valence-electron chi connectivity index (χ1n) is 10.9. The lowest BCUT2D eigenvalue weighted by Crippen LogP contribution is -2.49. The van der Waals surface area contributed by atoms with Crippen LogP contribution in [0.15, 0.2) is 47.4 Å². The number of nitrogen functional groups attached to an aromatic ring is 1. The van der Waals surface area contributed by atoms with Gasteiger partial charge in [0.1, 0.15) is 18.0 Å². The van der Waals surface area contributed by atoms with E-state index in [1.165, 1.54) is 6.20 Å². The van der Waals surface area contributed by atoms with Crippen molar-refractivity contribution in [1.29, 1.82) is 0 Å². The first-order chi connectivity index (χ1) is 16.3. The van der Waals surface area contributed by atoms with Gasteiger partial charge in [0.05, 0.1) is 11.2 Å². The average molecular weight is 468 g/mol. The lowest BCUT2D eigenvalue weighted by molar-refractivity contribution is 0.0694. The summed E-state index contributed by atoms with van der Waals surface area (Å²) in [5.74, 6) is -1.97. The molecule has 0 radical (unpaired) electrons. The molecule has 1 saturated heterocycles. The number of hydrogen-bond acceptors (Lipinski definition) is 6. The van der Waals surface area contributed by atoms with Crippen molar-refractivity contribution in [3.05, 3.63) is 69.8 Å². The summed E-state index contributed by atoms with van der Waals surface area (Å²) in [6, 6.07) is 9.72. The molecule has 1 aliphatic rings. The predicted molar refractivity (Wildman–Crippen MR) is 126 cm³/mol. The van der Waals surface area contributed by atoms with Crippen molar-refractivity contribution < 1.29 is 23.8 Å². The number of amides is 1. The molecule has 178 valence electrons. The number of benzene rings is 2. The molecule has 9 nitrogen and oxygen atoms in total. The highest BCUT2D eigenvalue weighted by Crippen LogP contribution is 2.26. The van der Waals surface area contributed by atoms with Gasteiger partial charge in [-0.25, -0.2) is 14.0 Å². The zero-order chi connectivity index (χ0) is 24.4. The molecule has 2 aromatic carbocycles. The van der Waals surface area contributed by atoms with Crippen molar-refractivity contribution in [2.75, 3.05) is 36.8 Å². The Morgan fingerprint density at radius 3 is 2.41 bits per heavy atom. The fourth-order valence-corrected chi connectivity index (χ4v) is 4.04. The van der Waals surface area contributed by atoms with E-state index < -0.39 is 28.9 Å². The van der Waals surface area contributed by atoms with Crippen molar-refractivity contribution in [3.63, 3.8) is 0 Å². The van der Waals surface area contributed by atoms with Crippen LogP contribution in [-0.2, 0) is 17.9 Å². The van der Waals surface area contributed by atoms with Crippen LogP contribution in [0.1, 0.15) is 22.8 Å². The van der Waals surface area contributed by atoms with Crippen molar-refractivity contribution >= 4 is 34.3 Å². The summed E-state index contributed by atoms with van der Waals surface area (Å²) < 4.78 is 22.0. The second-order valence-corrected chi connectivity index (χ2v) is 8.05. The van der Waals surface area contributed by atoms with Gasteiger partial charge in [0, 0.05) is 50.0 Å². The molecule has 0 spiro atoms. The largest absolute Gasteiger partial charge is 0.477 e. The molecule has 0 atom stereocenters. The molecule has 0 bridgehead atoms. The van der Waals surface area contributed by atoms with Crippen molar-refractivity contribution in [2.24, 2.45) is 0 Å². The number of carboxylic acids is 1. The van der Waals surface area contributed by atoms with Gasteiger partial charge in [0.25, 0.3) is 0 Å². The number of carboxylic acid groups (broad SMARTS) is 1. The summed E-state index contributed by atoms with van der Waals surface area (Å²) in [7, 11) is 0. The Bertz CT molecular complexity index is 1300. The lowest BCUT2D eigenvalue weighted by atomic mass is 10.1. The lowest BCUT2D eigenvalue weighted by Gasteiger charge is -2.35. The number of ether oxygens (including phenoxy) is 1. The molecule has 2 heterocycles. The van der Waals surface area contributed by atoms with Gasteiger partial charge in [-0.1, -0.05) is 12.1 Å². The van der Waals surface area contributed by atoms with E-state index in [-0.39, 0.29) is 12.0 Å². The molecule has 34 heavy (non-hydrogen) atoms. The van der Waals surface area contributed by atoms with Crippen LogP contribution in [0.5, 0.6) is 0 Å². The summed E-state index contributed by atoms with van der Waals surface area (Å²) in [4.78, 5) is 39.7. The molecule has 0 unspecified atom stereocenters. The number of piperazine rings is 1. The predicted octanol–water partition coefficient (Wildman–Crippen LogP) is 2.90. The number of anilines is 2. The maximum Gasteiger partial charge on any atom is 0.410 e. The summed E-state index contributed by atoms with van der Waals surface area (Å²) in [5, 5.41) is 9.31. The number of carbonyl (C=O) groups is 2. The van der Waals surface area contributed by atoms with E-state index >= 15 is 0 Å². The molecule has 1 fully saturated rings. The minimum absolute atomic E-state index is 0.0212. The van der Waals surface area contributed by atoms with E-state index in [1.807, 2.05) is 6.92 Å². The zero-order valence-corrected chi connectivity index (χ0v) is 18.7. The van der Waals surface area contributed by atoms with Crippen molar-refractivity contribution in [2.45, 2.75) is 20.1 Å². The maximum absolute atomic E-state index is 15.0. The molecule has 1 amide bonds. The Kier molecular flexibility index (Phi) is 6.40. The first-order valence-corrected chi connectivity index (χ1v) is 10.9. The first kappa shape index (κ1) is 23.1. The number of pyridine rings is 1. The second-order valence-electron chi connectivity index (χ2n) is 8.05. The number of nitrogens with zero attached hydrogens (tertiary/aromatic N) is 3. The molecule has 1 aliphatic heterocycles. The molecule has 3 aromatic rings. The third-order valence-corrected chi connectivity index (χ3v) is 5.94. The fourth-order valence-electron chi connectivity index (χ4n) is 4.04. The van der Waals surface area contributed by atoms with Gasteiger partial charge in [-0.05, 0) is 36.8 Å². The number of aryl methyl sites for hydroxylation is 1. The number of halogens is 1. The smallest absolute Gasteiger partial charge is 0.410 e. The van der Waals surface area contributed by atoms with Gasteiger partial charge in [-0.15, -0.1) is 0 Å². The fraction of sp³-hybridized carbons (Fsp3) is 0.292. The average Bonchev–Trinajstić information content (AvgIpc) is 2.83. The molecular weight excluding hydrogens is 443 g/mol. The molecule has 10 heteroatoms. The van der Waals surface area contributed by atoms with Gasteiger partial charge in [0.2, 0.25) is 5.43 Å². The van der Waals surface area contributed by atoms with E-state index in [9.17, 15) is 23.9 Å². The number of nitrogens with two attached hydrogens (primary N) is 1. The van der Waals surface area contributed by atoms with E-state index in [2.05, 4.69) is 0 Å². The number of aromatic carboxylic acids is 1. The summed E-state index contributed by atoms with van der Waals surface area (Å²) in [6.45, 7) is 3.80. The topological polar surface area (TPSA) is 118 Å². The van der Waals surface area contributed by atoms with Gasteiger partial charge in [-0.2, -0.15) is 0 Å². The Hall–Kier alpha value is -4.08. The standard InChI is InChI=1S/C24H25FN4O5/c1-2-27-13-18(23(31)32)22(30)17-11-19(25)21(12-20(17)27)28-7-9-29(10-8-28)24(33)34-14-15-3-5-16(26)6-4-15/h3-6,11-13H,2,7-10,14,26H2,1H3,(H,31,32). The molecule has 1 aromatic heterocycles. The monoisotopic (exact) mass is 468 g/mol. The van der Waals surface area contributed by atoms with Gasteiger partial charge >= 0.3 is 12.1 Å². The molecule has 0 aliphatic carbocycles. The number of hydrogen-bond donors (Lipinski definition) is 2. The van der Waals surface area contributed by atoms with Gasteiger partial charge in [-0.3, -0.25) is 4.79 Å². The second kappa shape index (κ2) is 9.42. The highest BCUT2D eigenvalue weighted by Gasteiger charge is 2.25. The number of fused-ring (bicyclic) bond motifs is 1. The van der Waals surface area contributed by atoms with E-state index in [0.29, 0.717) is 49.6 Å². The summed E-state index contributed by atoms with van der Waals surface area (Å²) >= 11 is 0. The van der Waals surface area contributed by atoms with Crippen LogP contribution in [0.4, 0.5) is 20.6 Å². The number of aromatic nitrogens is 1. The maximum atomic E-state index is 15.0. The van der Waals surface area contributed by atoms with Crippen LogP contribution in [0.3, 0.4) is 0 Å². The van der Waals surface area contributed by atoms with Crippen LogP contribution >= 0.6 is 0 Å². The Balaban J connectivity index is 1.48. The SMILES string of the molecule is CCn1cc(C(=O)O)c(=O)c2cc(F)c(N3CCN(C(=O)OCc4ccc(N)cc4)CC3)cc21. The Labute approximate surface area is 194 Å². The highest BCUT2D eigenvalue weighted by atomic mass is 19.1. The van der Waals surface area contributed by atoms with Crippen molar-refractivity contribution in [3.8, 4) is 0 Å². The van der Waals surface area contributed by atoms with Crippen LogP contribution in [0, 0.1) is 5.82 Å². The number of rotatable bonds is 5. The molecular formula is C24H25FN4O5. The van der Waals surface area contributed by atoms with E-state index in [4.69, 9.17) is 10.5 Å². The van der Waals surface area contributed by atoms with Crippen LogP contribution in [-0.4, -0.2) is 52.8 Å². The van der Waals surface area contributed by atoms with E-state index in [1.54, 1.807) is 44.7 Å².